The van der Waals surface area contributed by atoms with E-state index in [0.29, 0.717) is 13.0 Å². The molecule has 0 aromatic heterocycles. The molecule has 1 aromatic rings. The molecule has 0 aliphatic heterocycles. The van der Waals surface area contributed by atoms with Gasteiger partial charge in [0, 0.05) is 13.0 Å². The van der Waals surface area contributed by atoms with E-state index in [9.17, 15) is 4.79 Å². The van der Waals surface area contributed by atoms with Gasteiger partial charge in [-0.25, -0.2) is 0 Å². The number of nitrogens with one attached hydrogen (secondary N) is 1. The number of rotatable bonds is 5. The second-order valence-electron chi connectivity index (χ2n) is 4.76. The summed E-state index contributed by atoms with van der Waals surface area (Å²) >= 11 is 0. The molecule has 0 fully saturated rings. The maximum atomic E-state index is 11.6. The Labute approximate surface area is 109 Å². The third kappa shape index (κ3) is 4.58. The average Bonchev–Trinajstić information content (AvgIpc) is 2.34. The van der Waals surface area contributed by atoms with Crippen LogP contribution >= 0.6 is 0 Å². The molecule has 1 N–H and O–H groups in total. The minimum Gasteiger partial charge on any atom is -0.355 e. The van der Waals surface area contributed by atoms with Crippen molar-refractivity contribution in [3.63, 3.8) is 0 Å². The van der Waals surface area contributed by atoms with Crippen molar-refractivity contribution in [1.82, 2.24) is 5.32 Å². The number of hydrogen-bond acceptors (Lipinski definition) is 2. The van der Waals surface area contributed by atoms with E-state index in [4.69, 9.17) is 5.26 Å². The SMILES string of the molecule is Cc1ccc(CCC(=O)NCC(C)C#N)c(C)c1. The van der Waals surface area contributed by atoms with Crippen molar-refractivity contribution < 1.29 is 4.79 Å². The predicted octanol–water partition coefficient (Wildman–Crippen LogP) is 2.51. The second-order valence-corrected chi connectivity index (χ2v) is 4.76. The number of hydrogen-bond donors (Lipinski definition) is 1. The van der Waals surface area contributed by atoms with E-state index in [1.54, 1.807) is 6.92 Å². The van der Waals surface area contributed by atoms with Crippen LogP contribution in [0.4, 0.5) is 0 Å². The highest BCUT2D eigenvalue weighted by molar-refractivity contribution is 5.76. The summed E-state index contributed by atoms with van der Waals surface area (Å²) < 4.78 is 0. The summed E-state index contributed by atoms with van der Waals surface area (Å²) in [6, 6.07) is 8.37. The minimum absolute atomic E-state index is 0.0112. The van der Waals surface area contributed by atoms with E-state index >= 15 is 0 Å². The van der Waals surface area contributed by atoms with Gasteiger partial charge in [0.05, 0.1) is 12.0 Å². The van der Waals surface area contributed by atoms with Crippen molar-refractivity contribution in [1.29, 1.82) is 5.26 Å². The van der Waals surface area contributed by atoms with E-state index in [2.05, 4.69) is 43.4 Å². The lowest BCUT2D eigenvalue weighted by Crippen LogP contribution is -2.27. The summed E-state index contributed by atoms with van der Waals surface area (Å²) in [4.78, 5) is 11.6. The largest absolute Gasteiger partial charge is 0.355 e. The molecule has 3 heteroatoms. The molecule has 0 spiro atoms. The second kappa shape index (κ2) is 6.80. The van der Waals surface area contributed by atoms with Crippen LogP contribution in [0.15, 0.2) is 18.2 Å². The molecule has 1 atom stereocenters. The first kappa shape index (κ1) is 14.2. The molecule has 0 heterocycles. The van der Waals surface area contributed by atoms with Crippen LogP contribution in [0.5, 0.6) is 0 Å². The monoisotopic (exact) mass is 244 g/mol. The molecular formula is C15H20N2O. The molecule has 0 radical (unpaired) electrons. The summed E-state index contributed by atoms with van der Waals surface area (Å²) in [5, 5.41) is 11.4. The molecule has 0 bridgehead atoms. The van der Waals surface area contributed by atoms with Gasteiger partial charge in [-0.2, -0.15) is 5.26 Å². The minimum atomic E-state index is -0.130. The summed E-state index contributed by atoms with van der Waals surface area (Å²) in [6.45, 7) is 6.36. The Morgan fingerprint density at radius 2 is 2.17 bits per heavy atom. The summed E-state index contributed by atoms with van der Waals surface area (Å²) in [6.07, 6.45) is 1.22. The Hall–Kier alpha value is -1.82. The van der Waals surface area contributed by atoms with Crippen LogP contribution in [-0.2, 0) is 11.2 Å². The maximum absolute atomic E-state index is 11.6. The molecule has 0 saturated carbocycles. The Bertz CT molecular complexity index is 460. The maximum Gasteiger partial charge on any atom is 0.220 e. The van der Waals surface area contributed by atoms with Crippen molar-refractivity contribution in [2.24, 2.45) is 5.92 Å². The molecule has 1 unspecified atom stereocenters. The van der Waals surface area contributed by atoms with Crippen molar-refractivity contribution in [3.05, 3.63) is 34.9 Å². The summed E-state index contributed by atoms with van der Waals surface area (Å²) in [7, 11) is 0. The fourth-order valence-corrected chi connectivity index (χ4v) is 1.78. The van der Waals surface area contributed by atoms with Crippen LogP contribution in [0, 0.1) is 31.1 Å². The van der Waals surface area contributed by atoms with Crippen LogP contribution < -0.4 is 5.32 Å². The van der Waals surface area contributed by atoms with Gasteiger partial charge in [-0.15, -0.1) is 0 Å². The number of carbonyl (C=O) groups is 1. The zero-order valence-corrected chi connectivity index (χ0v) is 11.3. The summed E-state index contributed by atoms with van der Waals surface area (Å²) in [5.74, 6) is -0.118. The van der Waals surface area contributed by atoms with Gasteiger partial charge in [0.2, 0.25) is 5.91 Å². The third-order valence-electron chi connectivity index (χ3n) is 2.95. The van der Waals surface area contributed by atoms with Crippen LogP contribution in [0.1, 0.15) is 30.0 Å². The first-order valence-electron chi connectivity index (χ1n) is 6.25. The summed E-state index contributed by atoms with van der Waals surface area (Å²) in [5.41, 5.74) is 3.68. The highest BCUT2D eigenvalue weighted by Crippen LogP contribution is 2.12. The molecule has 96 valence electrons. The van der Waals surface area contributed by atoms with Crippen molar-refractivity contribution in [2.45, 2.75) is 33.6 Å². The molecule has 0 aliphatic carbocycles. The Kier molecular flexibility index (Phi) is 5.38. The van der Waals surface area contributed by atoms with Gasteiger partial charge in [-0.3, -0.25) is 4.79 Å². The topological polar surface area (TPSA) is 52.9 Å². The van der Waals surface area contributed by atoms with Crippen LogP contribution in [0.3, 0.4) is 0 Å². The molecule has 1 rings (SSSR count). The fraction of sp³-hybridized carbons (Fsp3) is 0.467. The lowest BCUT2D eigenvalue weighted by molar-refractivity contribution is -0.121. The highest BCUT2D eigenvalue weighted by atomic mass is 16.1. The van der Waals surface area contributed by atoms with Gasteiger partial charge in [0.1, 0.15) is 0 Å². The molecule has 0 aliphatic rings. The Morgan fingerprint density at radius 3 is 2.78 bits per heavy atom. The Morgan fingerprint density at radius 1 is 1.44 bits per heavy atom. The standard InChI is InChI=1S/C15H20N2O/c1-11-4-5-14(13(3)8-11)6-7-15(18)17-10-12(2)9-16/h4-5,8,12H,6-7,10H2,1-3H3,(H,17,18). The number of aryl methyl sites for hydroxylation is 3. The smallest absolute Gasteiger partial charge is 0.220 e. The van der Waals surface area contributed by atoms with Gasteiger partial charge in [-0.1, -0.05) is 23.8 Å². The number of nitrogens with zero attached hydrogens (tertiary/aromatic N) is 1. The van der Waals surface area contributed by atoms with Crippen LogP contribution in [0.2, 0.25) is 0 Å². The Balaban J connectivity index is 2.41. The van der Waals surface area contributed by atoms with E-state index in [1.807, 2.05) is 0 Å². The van der Waals surface area contributed by atoms with Crippen molar-refractivity contribution >= 4 is 5.91 Å². The van der Waals surface area contributed by atoms with Crippen LogP contribution in [0.25, 0.3) is 0 Å². The molecular weight excluding hydrogens is 224 g/mol. The zero-order chi connectivity index (χ0) is 13.5. The fourth-order valence-electron chi connectivity index (χ4n) is 1.78. The normalized spacial score (nSPS) is 11.7. The zero-order valence-electron chi connectivity index (χ0n) is 11.3. The van der Waals surface area contributed by atoms with E-state index < -0.39 is 0 Å². The van der Waals surface area contributed by atoms with Gasteiger partial charge < -0.3 is 5.32 Å². The van der Waals surface area contributed by atoms with Crippen LogP contribution in [-0.4, -0.2) is 12.5 Å². The van der Waals surface area contributed by atoms with Gasteiger partial charge in [-0.05, 0) is 38.3 Å². The van der Waals surface area contributed by atoms with E-state index in [0.717, 1.165) is 6.42 Å². The molecule has 1 aromatic carbocycles. The predicted molar refractivity (Wildman–Crippen MR) is 72.0 cm³/mol. The third-order valence-corrected chi connectivity index (χ3v) is 2.95. The first-order valence-corrected chi connectivity index (χ1v) is 6.25. The molecule has 3 nitrogen and oxygen atoms in total. The van der Waals surface area contributed by atoms with Crippen molar-refractivity contribution in [2.75, 3.05) is 6.54 Å². The van der Waals surface area contributed by atoms with E-state index in [-0.39, 0.29) is 11.8 Å². The number of carbonyl (C=O) groups excluding carboxylic acids is 1. The molecule has 0 saturated heterocycles. The lowest BCUT2D eigenvalue weighted by atomic mass is 10.0. The number of amides is 1. The van der Waals surface area contributed by atoms with Gasteiger partial charge >= 0.3 is 0 Å². The highest BCUT2D eigenvalue weighted by Gasteiger charge is 2.06. The van der Waals surface area contributed by atoms with Gasteiger partial charge in [0.15, 0.2) is 0 Å². The lowest BCUT2D eigenvalue weighted by Gasteiger charge is -2.08. The average molecular weight is 244 g/mol. The molecule has 1 amide bonds. The first-order chi connectivity index (χ1) is 8.52. The number of nitriles is 1. The van der Waals surface area contributed by atoms with E-state index in [1.165, 1.54) is 16.7 Å². The van der Waals surface area contributed by atoms with Crippen molar-refractivity contribution in [3.8, 4) is 6.07 Å². The number of benzene rings is 1. The van der Waals surface area contributed by atoms with Gasteiger partial charge in [0.25, 0.3) is 0 Å². The quantitative estimate of drug-likeness (QED) is 0.865. The molecule has 18 heavy (non-hydrogen) atoms.